The molecule has 0 radical (unpaired) electrons. The number of urea groups is 1. The van der Waals surface area contributed by atoms with Crippen molar-refractivity contribution >= 4 is 17.4 Å². The number of carbonyl (C=O) groups excluding carboxylic acids is 1. The Balaban J connectivity index is 2.02. The van der Waals surface area contributed by atoms with E-state index in [-0.39, 0.29) is 18.7 Å². The Labute approximate surface area is 134 Å². The molecular formula is C16H21N3O2S. The molecule has 0 saturated carbocycles. The summed E-state index contributed by atoms with van der Waals surface area (Å²) in [5, 5.41) is 15.0. The summed E-state index contributed by atoms with van der Waals surface area (Å²) in [6, 6.07) is 9.48. The molecule has 0 saturated heterocycles. The fourth-order valence-corrected chi connectivity index (χ4v) is 2.93. The molecule has 2 rings (SSSR count). The SMILES string of the molecule is CCC(NC(=O)N(CCO)Cc1ccccc1)c1nccs1. The smallest absolute Gasteiger partial charge is 0.318 e. The molecule has 6 heteroatoms. The van der Waals surface area contributed by atoms with Crippen molar-refractivity contribution in [3.05, 3.63) is 52.5 Å². The second-order valence-corrected chi connectivity index (χ2v) is 5.84. The van der Waals surface area contributed by atoms with E-state index in [2.05, 4.69) is 10.3 Å². The molecule has 5 nitrogen and oxygen atoms in total. The molecule has 1 atom stereocenters. The zero-order chi connectivity index (χ0) is 15.8. The van der Waals surface area contributed by atoms with Crippen LogP contribution in [0.1, 0.15) is 30.0 Å². The predicted octanol–water partition coefficient (Wildman–Crippen LogP) is 2.80. The van der Waals surface area contributed by atoms with Crippen molar-refractivity contribution in [3.63, 3.8) is 0 Å². The number of benzene rings is 1. The lowest BCUT2D eigenvalue weighted by Gasteiger charge is -2.25. The van der Waals surface area contributed by atoms with Crippen LogP contribution in [0.2, 0.25) is 0 Å². The minimum atomic E-state index is -0.181. The summed E-state index contributed by atoms with van der Waals surface area (Å²) in [5.74, 6) is 0. The summed E-state index contributed by atoms with van der Waals surface area (Å²) >= 11 is 1.53. The van der Waals surface area contributed by atoms with Gasteiger partial charge in [-0.3, -0.25) is 0 Å². The number of hydrogen-bond donors (Lipinski definition) is 2. The van der Waals surface area contributed by atoms with E-state index in [1.54, 1.807) is 11.1 Å². The average Bonchev–Trinajstić information content (AvgIpc) is 3.07. The molecule has 1 unspecified atom stereocenters. The maximum atomic E-state index is 12.5. The van der Waals surface area contributed by atoms with Crippen LogP contribution in [-0.4, -0.2) is 34.2 Å². The summed E-state index contributed by atoms with van der Waals surface area (Å²) in [5.41, 5.74) is 1.04. The average molecular weight is 319 g/mol. The Morgan fingerprint density at radius 1 is 1.41 bits per heavy atom. The second kappa shape index (κ2) is 8.51. The molecule has 2 aromatic rings. The van der Waals surface area contributed by atoms with Gasteiger partial charge in [0.1, 0.15) is 5.01 Å². The van der Waals surface area contributed by atoms with Crippen LogP contribution in [0.5, 0.6) is 0 Å². The number of aromatic nitrogens is 1. The Morgan fingerprint density at radius 3 is 2.77 bits per heavy atom. The van der Waals surface area contributed by atoms with Crippen molar-refractivity contribution in [1.82, 2.24) is 15.2 Å². The van der Waals surface area contributed by atoms with Crippen LogP contribution in [0.15, 0.2) is 41.9 Å². The highest BCUT2D eigenvalue weighted by Gasteiger charge is 2.19. The van der Waals surface area contributed by atoms with Crippen LogP contribution in [0, 0.1) is 0 Å². The Kier molecular flexibility index (Phi) is 6.36. The number of thiazole rings is 1. The van der Waals surface area contributed by atoms with Gasteiger partial charge in [-0.25, -0.2) is 9.78 Å². The molecule has 118 valence electrons. The summed E-state index contributed by atoms with van der Waals surface area (Å²) in [4.78, 5) is 18.4. The summed E-state index contributed by atoms with van der Waals surface area (Å²) in [6.45, 7) is 2.73. The normalized spacial score (nSPS) is 11.9. The number of carbonyl (C=O) groups is 1. The maximum Gasteiger partial charge on any atom is 0.318 e. The number of amides is 2. The van der Waals surface area contributed by atoms with E-state index in [0.29, 0.717) is 13.1 Å². The molecule has 0 aliphatic heterocycles. The van der Waals surface area contributed by atoms with Crippen molar-refractivity contribution in [3.8, 4) is 0 Å². The summed E-state index contributed by atoms with van der Waals surface area (Å²) < 4.78 is 0. The Hall–Kier alpha value is -1.92. The van der Waals surface area contributed by atoms with Crippen molar-refractivity contribution in [2.24, 2.45) is 0 Å². The van der Waals surface area contributed by atoms with Gasteiger partial charge in [0.2, 0.25) is 0 Å². The van der Waals surface area contributed by atoms with Gasteiger partial charge in [-0.05, 0) is 12.0 Å². The number of rotatable bonds is 7. The molecule has 1 aromatic carbocycles. The molecule has 0 aliphatic rings. The quantitative estimate of drug-likeness (QED) is 0.825. The second-order valence-electron chi connectivity index (χ2n) is 4.91. The van der Waals surface area contributed by atoms with Gasteiger partial charge < -0.3 is 15.3 Å². The van der Waals surface area contributed by atoms with E-state index >= 15 is 0 Å². The highest BCUT2D eigenvalue weighted by atomic mass is 32.1. The number of aliphatic hydroxyl groups is 1. The zero-order valence-corrected chi connectivity index (χ0v) is 13.4. The molecule has 2 N–H and O–H groups in total. The van der Waals surface area contributed by atoms with Gasteiger partial charge >= 0.3 is 6.03 Å². The van der Waals surface area contributed by atoms with Crippen LogP contribution in [0.25, 0.3) is 0 Å². The third-order valence-electron chi connectivity index (χ3n) is 3.33. The molecule has 1 heterocycles. The first kappa shape index (κ1) is 16.5. The van der Waals surface area contributed by atoms with Gasteiger partial charge in [-0.1, -0.05) is 37.3 Å². The summed E-state index contributed by atoms with van der Waals surface area (Å²) in [7, 11) is 0. The monoisotopic (exact) mass is 319 g/mol. The molecule has 0 aliphatic carbocycles. The van der Waals surface area contributed by atoms with Gasteiger partial charge in [0.15, 0.2) is 0 Å². The molecule has 0 spiro atoms. The van der Waals surface area contributed by atoms with Crippen LogP contribution in [-0.2, 0) is 6.54 Å². The number of hydrogen-bond acceptors (Lipinski definition) is 4. The fraction of sp³-hybridized carbons (Fsp3) is 0.375. The largest absolute Gasteiger partial charge is 0.395 e. The van der Waals surface area contributed by atoms with E-state index in [9.17, 15) is 9.90 Å². The third-order valence-corrected chi connectivity index (χ3v) is 4.22. The minimum absolute atomic E-state index is 0.0612. The molecule has 0 fully saturated rings. The van der Waals surface area contributed by atoms with Crippen LogP contribution in [0.3, 0.4) is 0 Å². The van der Waals surface area contributed by atoms with E-state index in [0.717, 1.165) is 17.0 Å². The highest BCUT2D eigenvalue weighted by molar-refractivity contribution is 7.09. The van der Waals surface area contributed by atoms with Gasteiger partial charge in [0.05, 0.1) is 12.6 Å². The number of aliphatic hydroxyl groups excluding tert-OH is 1. The zero-order valence-electron chi connectivity index (χ0n) is 12.6. The van der Waals surface area contributed by atoms with Crippen molar-refractivity contribution in [2.45, 2.75) is 25.9 Å². The molecule has 1 aromatic heterocycles. The Bertz CT molecular complexity index is 560. The molecule has 22 heavy (non-hydrogen) atoms. The fourth-order valence-electron chi connectivity index (χ4n) is 2.16. The first-order valence-electron chi connectivity index (χ1n) is 7.34. The topological polar surface area (TPSA) is 65.5 Å². The maximum absolute atomic E-state index is 12.5. The lowest BCUT2D eigenvalue weighted by Crippen LogP contribution is -2.42. The van der Waals surface area contributed by atoms with Crippen LogP contribution in [0.4, 0.5) is 4.79 Å². The lowest BCUT2D eigenvalue weighted by molar-refractivity contribution is 0.170. The lowest BCUT2D eigenvalue weighted by atomic mass is 10.2. The van der Waals surface area contributed by atoms with Crippen molar-refractivity contribution < 1.29 is 9.90 Å². The highest BCUT2D eigenvalue weighted by Crippen LogP contribution is 2.19. The van der Waals surface area contributed by atoms with E-state index in [1.165, 1.54) is 11.3 Å². The van der Waals surface area contributed by atoms with Crippen molar-refractivity contribution in [1.29, 1.82) is 0 Å². The molecule has 0 bridgehead atoms. The van der Waals surface area contributed by atoms with E-state index in [4.69, 9.17) is 0 Å². The van der Waals surface area contributed by atoms with Crippen LogP contribution >= 0.6 is 11.3 Å². The Morgan fingerprint density at radius 2 is 2.18 bits per heavy atom. The summed E-state index contributed by atoms with van der Waals surface area (Å²) in [6.07, 6.45) is 2.52. The van der Waals surface area contributed by atoms with Gasteiger partial charge in [0, 0.05) is 24.7 Å². The molecule has 2 amide bonds. The minimum Gasteiger partial charge on any atom is -0.395 e. The van der Waals surface area contributed by atoms with Gasteiger partial charge in [0.25, 0.3) is 0 Å². The number of nitrogens with zero attached hydrogens (tertiary/aromatic N) is 2. The first-order chi connectivity index (χ1) is 10.7. The van der Waals surface area contributed by atoms with Crippen LogP contribution < -0.4 is 5.32 Å². The van der Waals surface area contributed by atoms with Gasteiger partial charge in [-0.15, -0.1) is 11.3 Å². The van der Waals surface area contributed by atoms with Gasteiger partial charge in [-0.2, -0.15) is 0 Å². The third kappa shape index (κ3) is 4.54. The predicted molar refractivity (Wildman–Crippen MR) is 87.6 cm³/mol. The number of nitrogens with one attached hydrogen (secondary N) is 1. The standard InChI is InChI=1S/C16H21N3O2S/c1-2-14(15-17-8-11-22-15)18-16(21)19(9-10-20)12-13-6-4-3-5-7-13/h3-8,11,14,20H,2,9-10,12H2,1H3,(H,18,21). The van der Waals surface area contributed by atoms with Crippen molar-refractivity contribution in [2.75, 3.05) is 13.2 Å². The first-order valence-corrected chi connectivity index (χ1v) is 8.22. The van der Waals surface area contributed by atoms with E-state index in [1.807, 2.05) is 42.6 Å². The molecular weight excluding hydrogens is 298 g/mol. The van der Waals surface area contributed by atoms with E-state index < -0.39 is 0 Å².